The van der Waals surface area contributed by atoms with E-state index in [0.717, 1.165) is 43.5 Å². The molecule has 1 aromatic carbocycles. The third-order valence-electron chi connectivity index (χ3n) is 3.76. The largest absolute Gasteiger partial charge is 0.141 e. The smallest absolute Gasteiger partial charge is 0.0440 e. The second-order valence-electron chi connectivity index (χ2n) is 5.11. The molecule has 1 aliphatic rings. The molecule has 0 bridgehead atoms. The SMILES string of the molecule is CCCc1ccc(C2CCC([N])CC2)cc1Cl. The van der Waals surface area contributed by atoms with Gasteiger partial charge in [-0.05, 0) is 55.2 Å². The van der Waals surface area contributed by atoms with Crippen molar-refractivity contribution in [2.45, 2.75) is 57.4 Å². The molecule has 1 fully saturated rings. The molecule has 1 nitrogen and oxygen atoms in total. The molecule has 2 radical (unpaired) electrons. The fraction of sp³-hybridized carbons (Fsp3) is 0.600. The molecule has 0 N–H and O–H groups in total. The summed E-state index contributed by atoms with van der Waals surface area (Å²) < 4.78 is 0. The molecule has 2 heteroatoms. The average molecular weight is 250 g/mol. The van der Waals surface area contributed by atoms with Gasteiger partial charge in [-0.15, -0.1) is 5.73 Å². The third-order valence-corrected chi connectivity index (χ3v) is 4.12. The van der Waals surface area contributed by atoms with E-state index in [1.54, 1.807) is 0 Å². The van der Waals surface area contributed by atoms with E-state index in [1.807, 2.05) is 0 Å². The Labute approximate surface area is 109 Å². The van der Waals surface area contributed by atoms with Crippen LogP contribution >= 0.6 is 11.6 Å². The van der Waals surface area contributed by atoms with Crippen molar-refractivity contribution in [1.82, 2.24) is 5.73 Å². The van der Waals surface area contributed by atoms with Crippen LogP contribution in [0.5, 0.6) is 0 Å². The molecule has 17 heavy (non-hydrogen) atoms. The quantitative estimate of drug-likeness (QED) is 0.758. The maximum Gasteiger partial charge on any atom is 0.0440 e. The maximum absolute atomic E-state index is 9.52. The minimum atomic E-state index is -0.0823. The van der Waals surface area contributed by atoms with Crippen LogP contribution in [0.25, 0.3) is 0 Å². The number of aryl methyl sites for hydroxylation is 1. The van der Waals surface area contributed by atoms with E-state index in [9.17, 15) is 5.73 Å². The zero-order chi connectivity index (χ0) is 12.3. The lowest BCUT2D eigenvalue weighted by molar-refractivity contribution is 0.388. The molecule has 0 spiro atoms. The predicted octanol–water partition coefficient (Wildman–Crippen LogP) is 4.39. The molecule has 0 aliphatic heterocycles. The van der Waals surface area contributed by atoms with Crippen LogP contribution in [-0.2, 0) is 6.42 Å². The van der Waals surface area contributed by atoms with Crippen LogP contribution in [0, 0.1) is 0 Å². The van der Waals surface area contributed by atoms with Crippen LogP contribution in [-0.4, -0.2) is 6.04 Å². The fourth-order valence-corrected chi connectivity index (χ4v) is 2.98. The van der Waals surface area contributed by atoms with Crippen LogP contribution in [0.15, 0.2) is 18.2 Å². The number of rotatable bonds is 3. The maximum atomic E-state index is 9.52. The van der Waals surface area contributed by atoms with Crippen LogP contribution in [0.3, 0.4) is 0 Å². The summed E-state index contributed by atoms with van der Waals surface area (Å²) in [6.45, 7) is 2.17. The van der Waals surface area contributed by atoms with Gasteiger partial charge in [-0.1, -0.05) is 37.1 Å². The van der Waals surface area contributed by atoms with E-state index in [-0.39, 0.29) is 6.04 Å². The van der Waals surface area contributed by atoms with Gasteiger partial charge in [0.25, 0.3) is 0 Å². The molecular formula is C15H20ClN. The van der Waals surface area contributed by atoms with Crippen LogP contribution in [0.1, 0.15) is 56.1 Å². The van der Waals surface area contributed by atoms with Crippen molar-refractivity contribution in [3.8, 4) is 0 Å². The number of hydrogen-bond donors (Lipinski definition) is 0. The standard InChI is InChI=1S/C15H20ClN/c1-2-3-12-4-5-13(10-15(12)16)11-6-8-14(17)9-7-11/h4-5,10-11,14H,2-3,6-9H2,1H3. The number of hydrogen-bond acceptors (Lipinski definition) is 0. The van der Waals surface area contributed by atoms with Gasteiger partial charge in [0, 0.05) is 11.1 Å². The number of nitrogens with zero attached hydrogens (tertiary/aromatic N) is 1. The molecular weight excluding hydrogens is 230 g/mol. The highest BCUT2D eigenvalue weighted by Crippen LogP contribution is 2.34. The van der Waals surface area contributed by atoms with Gasteiger partial charge < -0.3 is 0 Å². The van der Waals surface area contributed by atoms with Gasteiger partial charge in [-0.2, -0.15) is 0 Å². The van der Waals surface area contributed by atoms with Crippen LogP contribution in [0.4, 0.5) is 0 Å². The first-order valence-corrected chi connectivity index (χ1v) is 7.05. The van der Waals surface area contributed by atoms with Gasteiger partial charge in [-0.25, -0.2) is 0 Å². The third kappa shape index (κ3) is 3.23. The van der Waals surface area contributed by atoms with Crippen LogP contribution < -0.4 is 5.73 Å². The molecule has 0 saturated heterocycles. The Balaban J connectivity index is 2.09. The molecule has 0 heterocycles. The Morgan fingerprint density at radius 1 is 1.24 bits per heavy atom. The summed E-state index contributed by atoms with van der Waals surface area (Å²) in [5.74, 6) is 0.589. The monoisotopic (exact) mass is 249 g/mol. The lowest BCUT2D eigenvalue weighted by atomic mass is 9.82. The molecule has 1 saturated carbocycles. The minimum Gasteiger partial charge on any atom is -0.141 e. The summed E-state index contributed by atoms with van der Waals surface area (Å²) in [5.41, 5.74) is 12.1. The molecule has 2 rings (SSSR count). The van der Waals surface area contributed by atoms with Gasteiger partial charge in [0.2, 0.25) is 0 Å². The Morgan fingerprint density at radius 2 is 1.94 bits per heavy atom. The van der Waals surface area contributed by atoms with E-state index in [2.05, 4.69) is 25.1 Å². The first kappa shape index (κ1) is 12.9. The van der Waals surface area contributed by atoms with Crippen molar-refractivity contribution in [3.63, 3.8) is 0 Å². The zero-order valence-electron chi connectivity index (χ0n) is 10.5. The summed E-state index contributed by atoms with van der Waals surface area (Å²) in [4.78, 5) is 0. The summed E-state index contributed by atoms with van der Waals surface area (Å²) in [6, 6.07) is 6.45. The van der Waals surface area contributed by atoms with Crippen molar-refractivity contribution in [1.29, 1.82) is 0 Å². The van der Waals surface area contributed by atoms with Crippen molar-refractivity contribution < 1.29 is 0 Å². The molecule has 1 aromatic rings. The second kappa shape index (κ2) is 5.88. The van der Waals surface area contributed by atoms with E-state index < -0.39 is 0 Å². The van der Waals surface area contributed by atoms with E-state index in [1.165, 1.54) is 11.1 Å². The van der Waals surface area contributed by atoms with Gasteiger partial charge in [-0.3, -0.25) is 0 Å². The van der Waals surface area contributed by atoms with Gasteiger partial charge >= 0.3 is 0 Å². The normalized spacial score (nSPS) is 24.9. The molecule has 0 aromatic heterocycles. The Morgan fingerprint density at radius 3 is 2.53 bits per heavy atom. The van der Waals surface area contributed by atoms with Gasteiger partial charge in [0.05, 0.1) is 0 Å². The van der Waals surface area contributed by atoms with E-state index >= 15 is 0 Å². The van der Waals surface area contributed by atoms with Gasteiger partial charge in [0.15, 0.2) is 0 Å². The van der Waals surface area contributed by atoms with Crippen molar-refractivity contribution in [2.24, 2.45) is 0 Å². The Hall–Kier alpha value is -0.530. The summed E-state index contributed by atoms with van der Waals surface area (Å²) >= 11 is 6.31. The number of halogens is 1. The summed E-state index contributed by atoms with van der Waals surface area (Å²) in [7, 11) is 0. The molecule has 1 aliphatic carbocycles. The molecule has 0 atom stereocenters. The summed E-state index contributed by atoms with van der Waals surface area (Å²) in [6.07, 6.45) is 6.23. The molecule has 0 unspecified atom stereocenters. The van der Waals surface area contributed by atoms with Crippen molar-refractivity contribution in [2.75, 3.05) is 0 Å². The average Bonchev–Trinajstić information content (AvgIpc) is 2.33. The highest BCUT2D eigenvalue weighted by atomic mass is 35.5. The second-order valence-corrected chi connectivity index (χ2v) is 5.51. The predicted molar refractivity (Wildman–Crippen MR) is 72.6 cm³/mol. The lowest BCUT2D eigenvalue weighted by Crippen LogP contribution is -2.18. The van der Waals surface area contributed by atoms with Crippen LogP contribution in [0.2, 0.25) is 5.02 Å². The number of benzene rings is 1. The highest BCUT2D eigenvalue weighted by molar-refractivity contribution is 6.31. The zero-order valence-corrected chi connectivity index (χ0v) is 11.2. The lowest BCUT2D eigenvalue weighted by Gasteiger charge is -2.25. The van der Waals surface area contributed by atoms with E-state index in [0.29, 0.717) is 5.92 Å². The Bertz CT molecular complexity index is 367. The first-order chi connectivity index (χ1) is 8.20. The van der Waals surface area contributed by atoms with E-state index in [4.69, 9.17) is 11.6 Å². The topological polar surface area (TPSA) is 22.3 Å². The van der Waals surface area contributed by atoms with Crippen molar-refractivity contribution >= 4 is 11.6 Å². The van der Waals surface area contributed by atoms with Crippen molar-refractivity contribution in [3.05, 3.63) is 34.3 Å². The Kier molecular flexibility index (Phi) is 4.47. The minimum absolute atomic E-state index is 0.0823. The fourth-order valence-electron chi connectivity index (χ4n) is 2.70. The summed E-state index contributed by atoms with van der Waals surface area (Å²) in [5, 5.41) is 0.912. The first-order valence-electron chi connectivity index (χ1n) is 6.67. The molecule has 0 amide bonds. The highest BCUT2D eigenvalue weighted by Gasteiger charge is 2.21. The van der Waals surface area contributed by atoms with Gasteiger partial charge in [0.1, 0.15) is 0 Å². The molecule has 92 valence electrons.